The summed E-state index contributed by atoms with van der Waals surface area (Å²) in [5.41, 5.74) is 1.63. The molecule has 4 nitrogen and oxygen atoms in total. The number of nitrogens with one attached hydrogen (secondary N) is 1. The molecule has 1 fully saturated rings. The number of allylic oxidation sites excluding steroid dienone is 2. The summed E-state index contributed by atoms with van der Waals surface area (Å²) in [6.45, 7) is 1.73. The quantitative estimate of drug-likeness (QED) is 0.533. The maximum absolute atomic E-state index is 14.0. The fourth-order valence-electron chi connectivity index (χ4n) is 4.96. The van der Waals surface area contributed by atoms with E-state index in [-0.39, 0.29) is 29.0 Å². The lowest BCUT2D eigenvalue weighted by molar-refractivity contribution is -0.126. The molecule has 5 rings (SSSR count). The van der Waals surface area contributed by atoms with Crippen molar-refractivity contribution in [1.82, 2.24) is 10.3 Å². The summed E-state index contributed by atoms with van der Waals surface area (Å²) in [4.78, 5) is 18.2. The van der Waals surface area contributed by atoms with Crippen molar-refractivity contribution in [3.63, 3.8) is 0 Å². The van der Waals surface area contributed by atoms with Gasteiger partial charge in [0.1, 0.15) is 5.82 Å². The second-order valence-electron chi connectivity index (χ2n) is 8.80. The number of halogens is 1. The molecule has 1 amide bonds. The summed E-state index contributed by atoms with van der Waals surface area (Å²) in [6.07, 6.45) is 7.33. The molecule has 2 atom stereocenters. The fourth-order valence-corrected chi connectivity index (χ4v) is 6.11. The van der Waals surface area contributed by atoms with Crippen molar-refractivity contribution in [3.8, 4) is 0 Å². The van der Waals surface area contributed by atoms with Gasteiger partial charge in [-0.15, -0.1) is 11.3 Å². The van der Waals surface area contributed by atoms with Crippen LogP contribution in [0, 0.1) is 11.7 Å². The van der Waals surface area contributed by atoms with Crippen LogP contribution >= 0.6 is 11.3 Å². The third kappa shape index (κ3) is 4.21. The number of hydrogen-bond donors (Lipinski definition) is 1. The van der Waals surface area contributed by atoms with E-state index in [0.717, 1.165) is 40.1 Å². The van der Waals surface area contributed by atoms with Crippen molar-refractivity contribution < 1.29 is 13.9 Å². The maximum atomic E-state index is 14.0. The SMILES string of the molecule is O=C(NCC1(c2cccc(F)c2)CCOCC1)C1CC=CCC1c1nc2ccccc2s1. The van der Waals surface area contributed by atoms with Gasteiger partial charge in [0.15, 0.2) is 0 Å². The Morgan fingerprint density at radius 2 is 1.94 bits per heavy atom. The lowest BCUT2D eigenvalue weighted by Crippen LogP contribution is -2.46. The van der Waals surface area contributed by atoms with E-state index >= 15 is 0 Å². The molecule has 2 unspecified atom stereocenters. The van der Waals surface area contributed by atoms with Gasteiger partial charge >= 0.3 is 0 Å². The van der Waals surface area contributed by atoms with E-state index in [4.69, 9.17) is 9.72 Å². The van der Waals surface area contributed by atoms with Crippen molar-refractivity contribution in [2.45, 2.75) is 37.0 Å². The summed E-state index contributed by atoms with van der Waals surface area (Å²) in [5.74, 6) is -0.254. The van der Waals surface area contributed by atoms with Crippen molar-refractivity contribution in [1.29, 1.82) is 0 Å². The van der Waals surface area contributed by atoms with Gasteiger partial charge in [-0.2, -0.15) is 0 Å². The van der Waals surface area contributed by atoms with Crippen LogP contribution in [0.25, 0.3) is 10.2 Å². The zero-order valence-electron chi connectivity index (χ0n) is 17.9. The Bertz CT molecular complexity index is 1100. The molecule has 6 heteroatoms. The zero-order chi connectivity index (χ0) is 22.0. The first-order valence-electron chi connectivity index (χ1n) is 11.3. The number of hydrogen-bond acceptors (Lipinski definition) is 4. The van der Waals surface area contributed by atoms with Gasteiger partial charge in [-0.3, -0.25) is 4.79 Å². The lowest BCUT2D eigenvalue weighted by atomic mass is 9.73. The van der Waals surface area contributed by atoms with Crippen molar-refractivity contribution >= 4 is 27.5 Å². The minimum Gasteiger partial charge on any atom is -0.381 e. The second-order valence-corrected chi connectivity index (χ2v) is 9.86. The highest BCUT2D eigenvalue weighted by Crippen LogP contribution is 2.39. The smallest absolute Gasteiger partial charge is 0.224 e. The minimum atomic E-state index is -0.300. The number of nitrogens with zero attached hydrogens (tertiary/aromatic N) is 1. The normalized spacial score (nSPS) is 22.7. The predicted molar refractivity (Wildman–Crippen MR) is 125 cm³/mol. The van der Waals surface area contributed by atoms with Gasteiger partial charge in [-0.05, 0) is 55.5 Å². The molecule has 0 radical (unpaired) electrons. The minimum absolute atomic E-state index is 0.0564. The number of rotatable bonds is 5. The Morgan fingerprint density at radius 1 is 1.12 bits per heavy atom. The standard InChI is InChI=1S/C26H27FN2O2S/c27-19-7-5-6-18(16-19)26(12-14-31-15-13-26)17-28-24(30)20-8-1-2-9-21(20)25-29-22-10-3-4-11-23(22)32-25/h1-7,10-11,16,20-21H,8-9,12-15,17H2,(H,28,30). The van der Waals surface area contributed by atoms with E-state index in [1.807, 2.05) is 24.3 Å². The first-order chi connectivity index (χ1) is 15.6. The van der Waals surface area contributed by atoms with Gasteiger partial charge in [-0.1, -0.05) is 36.4 Å². The highest BCUT2D eigenvalue weighted by atomic mass is 32.1. The van der Waals surface area contributed by atoms with Crippen LogP contribution in [0.2, 0.25) is 0 Å². The highest BCUT2D eigenvalue weighted by molar-refractivity contribution is 7.18. The average Bonchev–Trinajstić information content (AvgIpc) is 3.27. The van der Waals surface area contributed by atoms with Crippen LogP contribution < -0.4 is 5.32 Å². The number of thiazole rings is 1. The molecule has 0 bridgehead atoms. The van der Waals surface area contributed by atoms with E-state index in [2.05, 4.69) is 23.5 Å². The molecule has 2 aromatic carbocycles. The van der Waals surface area contributed by atoms with Gasteiger partial charge in [0.05, 0.1) is 21.1 Å². The molecule has 1 saturated heterocycles. The molecule has 0 spiro atoms. The first-order valence-corrected chi connectivity index (χ1v) is 12.1. The fraction of sp³-hybridized carbons (Fsp3) is 0.385. The molecule has 1 aliphatic carbocycles. The summed E-state index contributed by atoms with van der Waals surface area (Å²) in [5, 5.41) is 4.27. The number of carbonyl (C=O) groups excluding carboxylic acids is 1. The average molecular weight is 451 g/mol. The van der Waals surface area contributed by atoms with Crippen LogP contribution in [-0.4, -0.2) is 30.6 Å². The maximum Gasteiger partial charge on any atom is 0.224 e. The van der Waals surface area contributed by atoms with E-state index in [1.54, 1.807) is 23.5 Å². The Balaban J connectivity index is 1.36. The van der Waals surface area contributed by atoms with Crippen LogP contribution in [-0.2, 0) is 14.9 Å². The summed E-state index contributed by atoms with van der Waals surface area (Å²) >= 11 is 1.69. The molecule has 1 aliphatic heterocycles. The van der Waals surface area contributed by atoms with Gasteiger partial charge in [0.25, 0.3) is 0 Å². The highest BCUT2D eigenvalue weighted by Gasteiger charge is 2.37. The molecule has 1 aromatic heterocycles. The predicted octanol–water partition coefficient (Wildman–Crippen LogP) is 5.35. The van der Waals surface area contributed by atoms with E-state index < -0.39 is 0 Å². The number of aromatic nitrogens is 1. The molecule has 166 valence electrons. The molecule has 1 N–H and O–H groups in total. The Kier molecular flexibility index (Phi) is 6.07. The first kappa shape index (κ1) is 21.3. The van der Waals surface area contributed by atoms with Crippen LogP contribution in [0.1, 0.15) is 42.2 Å². The molecule has 0 saturated carbocycles. The Morgan fingerprint density at radius 3 is 2.75 bits per heavy atom. The van der Waals surface area contributed by atoms with Crippen LogP contribution in [0.3, 0.4) is 0 Å². The van der Waals surface area contributed by atoms with Crippen molar-refractivity contribution in [2.75, 3.05) is 19.8 Å². The molecule has 2 aliphatic rings. The molecular weight excluding hydrogens is 423 g/mol. The van der Waals surface area contributed by atoms with E-state index in [0.29, 0.717) is 26.2 Å². The summed E-state index contributed by atoms with van der Waals surface area (Å²) < 4.78 is 20.7. The zero-order valence-corrected chi connectivity index (χ0v) is 18.7. The number of ether oxygens (including phenoxy) is 1. The van der Waals surface area contributed by atoms with Gasteiger partial charge < -0.3 is 10.1 Å². The van der Waals surface area contributed by atoms with Crippen LogP contribution in [0.15, 0.2) is 60.7 Å². The van der Waals surface area contributed by atoms with Crippen molar-refractivity contribution in [2.24, 2.45) is 5.92 Å². The van der Waals surface area contributed by atoms with Crippen molar-refractivity contribution in [3.05, 3.63) is 77.1 Å². The topological polar surface area (TPSA) is 51.2 Å². The summed E-state index contributed by atoms with van der Waals surface area (Å²) in [6, 6.07) is 14.9. The van der Waals surface area contributed by atoms with E-state index in [1.165, 1.54) is 6.07 Å². The largest absolute Gasteiger partial charge is 0.381 e. The van der Waals surface area contributed by atoms with Gasteiger partial charge in [-0.25, -0.2) is 9.37 Å². The second kappa shape index (κ2) is 9.12. The summed E-state index contributed by atoms with van der Waals surface area (Å²) in [7, 11) is 0. The van der Waals surface area contributed by atoms with Gasteiger partial charge in [0, 0.05) is 31.1 Å². The number of carbonyl (C=O) groups is 1. The third-order valence-corrected chi connectivity index (χ3v) is 8.05. The number of amides is 1. The number of para-hydroxylation sites is 1. The third-order valence-electron chi connectivity index (χ3n) is 6.88. The molecule has 2 heterocycles. The van der Waals surface area contributed by atoms with Crippen LogP contribution in [0.5, 0.6) is 0 Å². The molecule has 3 aromatic rings. The Hall–Kier alpha value is -2.57. The van der Waals surface area contributed by atoms with Crippen LogP contribution in [0.4, 0.5) is 4.39 Å². The monoisotopic (exact) mass is 450 g/mol. The molecule has 32 heavy (non-hydrogen) atoms. The van der Waals surface area contributed by atoms with Gasteiger partial charge in [0.2, 0.25) is 5.91 Å². The van der Waals surface area contributed by atoms with E-state index in [9.17, 15) is 9.18 Å². The number of fused-ring (bicyclic) bond motifs is 1. The molecular formula is C26H27FN2O2S. The Labute approximate surface area is 191 Å². The lowest BCUT2D eigenvalue weighted by Gasteiger charge is -2.38. The number of benzene rings is 2.